The number of morpholine rings is 1. The summed E-state index contributed by atoms with van der Waals surface area (Å²) in [6, 6.07) is 7.13. The van der Waals surface area contributed by atoms with Crippen LogP contribution in [0.15, 0.2) is 24.3 Å². The Morgan fingerprint density at radius 3 is 2.68 bits per heavy atom. The summed E-state index contributed by atoms with van der Waals surface area (Å²) in [4.78, 5) is 23.1. The number of methoxy groups -OCH3 is 1. The summed E-state index contributed by atoms with van der Waals surface area (Å²) in [6.45, 7) is 1.71. The number of anilines is 1. The first-order chi connectivity index (χ1) is 10.2. The van der Waals surface area contributed by atoms with E-state index in [9.17, 15) is 9.59 Å². The zero-order chi connectivity index (χ0) is 15.1. The van der Waals surface area contributed by atoms with Crippen LogP contribution in [0.25, 0.3) is 0 Å². The van der Waals surface area contributed by atoms with Crippen LogP contribution < -0.4 is 10.6 Å². The Morgan fingerprint density at radius 2 is 2.09 bits per heavy atom. The molecule has 1 unspecified atom stereocenters. The number of carbonyl (C=O) groups is 2. The number of ether oxygens (including phenoxy) is 2. The van der Waals surface area contributed by atoms with E-state index in [-0.39, 0.29) is 30.3 Å². The minimum atomic E-state index is -0.308. The van der Waals surface area contributed by atoms with Crippen molar-refractivity contribution in [1.82, 2.24) is 5.32 Å². The highest BCUT2D eigenvalue weighted by Crippen LogP contribution is 2.12. The number of hydrogen-bond donors (Lipinski definition) is 2. The SMILES string of the molecule is COC(=O)CCc1ccc(NC(=O)C2COCCN2)cc1.Cl. The molecular formula is C15H21ClN2O4. The number of hydrogen-bond acceptors (Lipinski definition) is 5. The molecule has 2 rings (SSSR count). The average Bonchev–Trinajstić information content (AvgIpc) is 2.54. The molecule has 0 spiro atoms. The highest BCUT2D eigenvalue weighted by Gasteiger charge is 2.20. The molecule has 22 heavy (non-hydrogen) atoms. The van der Waals surface area contributed by atoms with Crippen LogP contribution in [0, 0.1) is 0 Å². The molecule has 1 aromatic carbocycles. The number of nitrogens with one attached hydrogen (secondary N) is 2. The van der Waals surface area contributed by atoms with Crippen molar-refractivity contribution in [3.8, 4) is 0 Å². The van der Waals surface area contributed by atoms with Gasteiger partial charge in [-0.1, -0.05) is 12.1 Å². The highest BCUT2D eigenvalue weighted by atomic mass is 35.5. The van der Waals surface area contributed by atoms with Crippen molar-refractivity contribution in [2.24, 2.45) is 0 Å². The fourth-order valence-electron chi connectivity index (χ4n) is 2.07. The monoisotopic (exact) mass is 328 g/mol. The molecule has 1 amide bonds. The molecule has 0 bridgehead atoms. The fraction of sp³-hybridized carbons (Fsp3) is 0.467. The third-order valence-corrected chi connectivity index (χ3v) is 3.31. The van der Waals surface area contributed by atoms with Gasteiger partial charge in [0.15, 0.2) is 0 Å². The first kappa shape index (κ1) is 18.4. The van der Waals surface area contributed by atoms with Crippen molar-refractivity contribution in [1.29, 1.82) is 0 Å². The quantitative estimate of drug-likeness (QED) is 0.793. The lowest BCUT2D eigenvalue weighted by Gasteiger charge is -2.22. The van der Waals surface area contributed by atoms with Crippen molar-refractivity contribution in [2.45, 2.75) is 18.9 Å². The third kappa shape index (κ3) is 5.63. The van der Waals surface area contributed by atoms with E-state index in [1.165, 1.54) is 7.11 Å². The Labute approximate surface area is 136 Å². The third-order valence-electron chi connectivity index (χ3n) is 3.31. The van der Waals surface area contributed by atoms with Crippen molar-refractivity contribution in [2.75, 3.05) is 32.2 Å². The summed E-state index contributed by atoms with van der Waals surface area (Å²) in [5, 5.41) is 5.94. The van der Waals surface area contributed by atoms with Gasteiger partial charge in [0.1, 0.15) is 6.04 Å². The van der Waals surface area contributed by atoms with Crippen LogP contribution in [-0.4, -0.2) is 44.8 Å². The first-order valence-electron chi connectivity index (χ1n) is 6.97. The van der Waals surface area contributed by atoms with Gasteiger partial charge in [0.25, 0.3) is 0 Å². The molecule has 1 fully saturated rings. The van der Waals surface area contributed by atoms with Crippen molar-refractivity contribution < 1.29 is 19.1 Å². The van der Waals surface area contributed by atoms with Gasteiger partial charge in [0.05, 0.1) is 20.3 Å². The van der Waals surface area contributed by atoms with E-state index in [0.717, 1.165) is 11.3 Å². The molecular weight excluding hydrogens is 308 g/mol. The minimum absolute atomic E-state index is 0. The van der Waals surface area contributed by atoms with Crippen LogP contribution in [0.4, 0.5) is 5.69 Å². The molecule has 1 aliphatic rings. The normalized spacial score (nSPS) is 17.2. The summed E-state index contributed by atoms with van der Waals surface area (Å²) in [6.07, 6.45) is 0.977. The Hall–Kier alpha value is -1.63. The van der Waals surface area contributed by atoms with Gasteiger partial charge in [-0.15, -0.1) is 12.4 Å². The lowest BCUT2D eigenvalue weighted by molar-refractivity contribution is -0.140. The van der Waals surface area contributed by atoms with Gasteiger partial charge in [-0.2, -0.15) is 0 Å². The Kier molecular flexibility index (Phi) is 7.87. The molecule has 2 N–H and O–H groups in total. The summed E-state index contributed by atoms with van der Waals surface area (Å²) < 4.78 is 9.86. The molecule has 1 atom stereocenters. The van der Waals surface area contributed by atoms with Gasteiger partial charge >= 0.3 is 5.97 Å². The number of benzene rings is 1. The largest absolute Gasteiger partial charge is 0.469 e. The molecule has 1 aromatic rings. The van der Waals surface area contributed by atoms with E-state index in [1.807, 2.05) is 24.3 Å². The molecule has 1 aliphatic heterocycles. The van der Waals surface area contributed by atoms with Crippen molar-refractivity contribution >= 4 is 30.0 Å². The predicted octanol–water partition coefficient (Wildman–Crippen LogP) is 1.14. The lowest BCUT2D eigenvalue weighted by atomic mass is 10.1. The molecule has 1 heterocycles. The zero-order valence-electron chi connectivity index (χ0n) is 12.5. The second-order valence-corrected chi connectivity index (χ2v) is 4.84. The zero-order valence-corrected chi connectivity index (χ0v) is 13.3. The first-order valence-corrected chi connectivity index (χ1v) is 6.97. The Bertz CT molecular complexity index is 487. The predicted molar refractivity (Wildman–Crippen MR) is 85.3 cm³/mol. The van der Waals surface area contributed by atoms with Crippen LogP contribution in [-0.2, 0) is 25.5 Å². The van der Waals surface area contributed by atoms with Crippen LogP contribution in [0.3, 0.4) is 0 Å². The maximum atomic E-state index is 12.0. The molecule has 7 heteroatoms. The highest BCUT2D eigenvalue weighted by molar-refractivity contribution is 5.95. The van der Waals surface area contributed by atoms with Crippen molar-refractivity contribution in [3.63, 3.8) is 0 Å². The Morgan fingerprint density at radius 1 is 1.36 bits per heavy atom. The maximum absolute atomic E-state index is 12.0. The number of amides is 1. The van der Waals surface area contributed by atoms with Gasteiger partial charge in [-0.05, 0) is 24.1 Å². The number of carbonyl (C=O) groups excluding carboxylic acids is 2. The minimum Gasteiger partial charge on any atom is -0.469 e. The number of rotatable bonds is 5. The van der Waals surface area contributed by atoms with Gasteiger partial charge in [0.2, 0.25) is 5.91 Å². The number of aryl methyl sites for hydroxylation is 1. The number of halogens is 1. The van der Waals surface area contributed by atoms with E-state index in [1.54, 1.807) is 0 Å². The summed E-state index contributed by atoms with van der Waals surface area (Å²) >= 11 is 0. The molecule has 0 aromatic heterocycles. The van der Waals surface area contributed by atoms with E-state index in [4.69, 9.17) is 4.74 Å². The molecule has 1 saturated heterocycles. The smallest absolute Gasteiger partial charge is 0.305 e. The molecule has 0 aliphatic carbocycles. The van der Waals surface area contributed by atoms with Crippen molar-refractivity contribution in [3.05, 3.63) is 29.8 Å². The van der Waals surface area contributed by atoms with E-state index < -0.39 is 0 Å². The summed E-state index contributed by atoms with van der Waals surface area (Å²) in [5.41, 5.74) is 1.76. The summed E-state index contributed by atoms with van der Waals surface area (Å²) in [7, 11) is 1.38. The van der Waals surface area contributed by atoms with Gasteiger partial charge in [-0.25, -0.2) is 0 Å². The lowest BCUT2D eigenvalue weighted by Crippen LogP contribution is -2.48. The number of esters is 1. The van der Waals surface area contributed by atoms with Crippen LogP contribution in [0.2, 0.25) is 0 Å². The van der Waals surface area contributed by atoms with Crippen LogP contribution in [0.5, 0.6) is 0 Å². The van der Waals surface area contributed by atoms with Gasteiger partial charge in [0, 0.05) is 18.7 Å². The molecule has 0 saturated carbocycles. The molecule has 122 valence electrons. The Balaban J connectivity index is 0.00000242. The second-order valence-electron chi connectivity index (χ2n) is 4.84. The molecule has 6 nitrogen and oxygen atoms in total. The van der Waals surface area contributed by atoms with Crippen LogP contribution in [0.1, 0.15) is 12.0 Å². The topological polar surface area (TPSA) is 76.7 Å². The fourth-order valence-corrected chi connectivity index (χ4v) is 2.07. The van der Waals surface area contributed by atoms with E-state index in [2.05, 4.69) is 15.4 Å². The standard InChI is InChI=1S/C15H20N2O4.ClH/c1-20-14(18)7-4-11-2-5-12(6-3-11)17-15(19)13-10-21-9-8-16-13;/h2-3,5-6,13,16H,4,7-10H2,1H3,(H,17,19);1H. The van der Waals surface area contributed by atoms with E-state index >= 15 is 0 Å². The van der Waals surface area contributed by atoms with Gasteiger partial charge < -0.3 is 20.1 Å². The summed E-state index contributed by atoms with van der Waals surface area (Å²) in [5.74, 6) is -0.326. The second kappa shape index (κ2) is 9.40. The van der Waals surface area contributed by atoms with Gasteiger partial charge in [-0.3, -0.25) is 9.59 Å². The molecule has 0 radical (unpaired) electrons. The average molecular weight is 329 g/mol. The maximum Gasteiger partial charge on any atom is 0.305 e. The van der Waals surface area contributed by atoms with E-state index in [0.29, 0.717) is 32.6 Å². The van der Waals surface area contributed by atoms with Crippen LogP contribution >= 0.6 is 12.4 Å².